The van der Waals surface area contributed by atoms with Crippen LogP contribution in [0, 0.1) is 0 Å². The van der Waals surface area contributed by atoms with Crippen molar-refractivity contribution >= 4 is 27.8 Å². The van der Waals surface area contributed by atoms with E-state index in [1.165, 1.54) is 77.7 Å². The van der Waals surface area contributed by atoms with Crippen LogP contribution in [0.15, 0.2) is 218 Å². The zero-order valence-corrected chi connectivity index (χ0v) is 30.7. The van der Waals surface area contributed by atoms with E-state index in [4.69, 9.17) is 0 Å². The summed E-state index contributed by atoms with van der Waals surface area (Å²) in [6.45, 7) is 2.39. The molecule has 0 radical (unpaired) electrons. The lowest BCUT2D eigenvalue weighted by molar-refractivity contribution is 0.714. The third kappa shape index (κ3) is 5.64. The Morgan fingerprint density at radius 1 is 0.345 bits per heavy atom. The van der Waals surface area contributed by atoms with Crippen LogP contribution in [0.4, 0.5) is 17.1 Å². The van der Waals surface area contributed by atoms with Crippen molar-refractivity contribution in [2.75, 3.05) is 4.90 Å². The molecule has 1 nitrogen and oxygen atoms in total. The van der Waals surface area contributed by atoms with Crippen LogP contribution in [-0.2, 0) is 5.41 Å². The van der Waals surface area contributed by atoms with Gasteiger partial charge < -0.3 is 4.90 Å². The van der Waals surface area contributed by atoms with Crippen LogP contribution in [0.2, 0.25) is 0 Å². The van der Waals surface area contributed by atoms with Gasteiger partial charge in [0.2, 0.25) is 0 Å². The van der Waals surface area contributed by atoms with Crippen molar-refractivity contribution < 1.29 is 0 Å². The molecule has 55 heavy (non-hydrogen) atoms. The summed E-state index contributed by atoms with van der Waals surface area (Å²) in [7, 11) is 0. The first-order valence-electron chi connectivity index (χ1n) is 19.1. The summed E-state index contributed by atoms with van der Waals surface area (Å²) >= 11 is 0. The van der Waals surface area contributed by atoms with Gasteiger partial charge in [0, 0.05) is 22.4 Å². The van der Waals surface area contributed by atoms with Gasteiger partial charge in [0.15, 0.2) is 0 Å². The molecule has 9 aromatic carbocycles. The van der Waals surface area contributed by atoms with E-state index in [2.05, 4.69) is 230 Å². The normalized spacial score (nSPS) is 14.3. The highest BCUT2D eigenvalue weighted by Crippen LogP contribution is 2.56. The van der Waals surface area contributed by atoms with E-state index < -0.39 is 0 Å². The standard InChI is InChI=1S/C54H39N/c1-54(46-17-6-3-7-18-46)50-20-11-10-19-49(50)53-51(54)21-12-22-52(53)55(48-35-31-43(32-36-48)45-28-27-39-15-8-9-16-44(39)37-45)47-33-29-42(30-34-47)41-25-23-40(24-26-41)38-13-4-2-5-14-38/h2-37H,1H3. The molecule has 0 bridgehead atoms. The predicted molar refractivity (Wildman–Crippen MR) is 232 cm³/mol. The second-order valence-electron chi connectivity index (χ2n) is 14.7. The van der Waals surface area contributed by atoms with E-state index in [-0.39, 0.29) is 5.41 Å². The number of hydrogen-bond donors (Lipinski definition) is 0. The largest absolute Gasteiger partial charge is 0.310 e. The topological polar surface area (TPSA) is 3.24 Å². The van der Waals surface area contributed by atoms with E-state index in [9.17, 15) is 0 Å². The van der Waals surface area contributed by atoms with Crippen molar-refractivity contribution in [2.24, 2.45) is 0 Å². The van der Waals surface area contributed by atoms with Crippen LogP contribution in [-0.4, -0.2) is 0 Å². The Morgan fingerprint density at radius 3 is 1.47 bits per heavy atom. The van der Waals surface area contributed by atoms with Gasteiger partial charge in [-0.25, -0.2) is 0 Å². The molecule has 0 N–H and O–H groups in total. The number of nitrogens with zero attached hydrogens (tertiary/aromatic N) is 1. The molecule has 0 amide bonds. The fourth-order valence-corrected chi connectivity index (χ4v) is 8.68. The summed E-state index contributed by atoms with van der Waals surface area (Å²) in [5.74, 6) is 0. The van der Waals surface area contributed by atoms with E-state index in [1.54, 1.807) is 0 Å². The summed E-state index contributed by atoms with van der Waals surface area (Å²) in [5, 5.41) is 2.51. The zero-order valence-electron chi connectivity index (χ0n) is 30.7. The van der Waals surface area contributed by atoms with Gasteiger partial charge in [0.25, 0.3) is 0 Å². The van der Waals surface area contributed by atoms with Gasteiger partial charge in [0.05, 0.1) is 5.69 Å². The molecule has 0 spiro atoms. The summed E-state index contributed by atoms with van der Waals surface area (Å²) in [5.41, 5.74) is 16.9. The monoisotopic (exact) mass is 701 g/mol. The molecular weight excluding hydrogens is 663 g/mol. The third-order valence-electron chi connectivity index (χ3n) is 11.6. The van der Waals surface area contributed by atoms with Crippen LogP contribution in [0.5, 0.6) is 0 Å². The molecule has 10 rings (SSSR count). The highest BCUT2D eigenvalue weighted by atomic mass is 15.1. The molecule has 0 fully saturated rings. The molecule has 1 aliphatic carbocycles. The van der Waals surface area contributed by atoms with Gasteiger partial charge in [-0.1, -0.05) is 182 Å². The number of benzene rings is 9. The molecular formula is C54H39N. The van der Waals surface area contributed by atoms with Gasteiger partial charge >= 0.3 is 0 Å². The van der Waals surface area contributed by atoms with Crippen molar-refractivity contribution in [1.29, 1.82) is 0 Å². The molecule has 1 unspecified atom stereocenters. The van der Waals surface area contributed by atoms with Crippen molar-refractivity contribution in [3.05, 3.63) is 235 Å². The molecule has 0 saturated heterocycles. The average molecular weight is 702 g/mol. The lowest BCUT2D eigenvalue weighted by Crippen LogP contribution is -2.22. The fourth-order valence-electron chi connectivity index (χ4n) is 8.68. The predicted octanol–water partition coefficient (Wildman–Crippen LogP) is 14.6. The molecule has 260 valence electrons. The van der Waals surface area contributed by atoms with Crippen molar-refractivity contribution in [1.82, 2.24) is 0 Å². The zero-order chi connectivity index (χ0) is 36.8. The van der Waals surface area contributed by atoms with E-state index in [1.807, 2.05) is 0 Å². The maximum atomic E-state index is 2.44. The van der Waals surface area contributed by atoms with Crippen LogP contribution in [0.1, 0.15) is 23.6 Å². The summed E-state index contributed by atoms with van der Waals surface area (Å²) in [6.07, 6.45) is 0. The van der Waals surface area contributed by atoms with Crippen LogP contribution < -0.4 is 4.90 Å². The highest BCUT2D eigenvalue weighted by molar-refractivity contribution is 5.96. The average Bonchev–Trinajstić information content (AvgIpc) is 3.54. The first kappa shape index (κ1) is 32.7. The quantitative estimate of drug-likeness (QED) is 0.160. The molecule has 9 aromatic rings. The van der Waals surface area contributed by atoms with Crippen LogP contribution in [0.25, 0.3) is 55.3 Å². The Hall–Kier alpha value is -6.96. The molecule has 1 aliphatic rings. The Balaban J connectivity index is 1.10. The molecule has 0 aromatic heterocycles. The first-order chi connectivity index (χ1) is 27.1. The van der Waals surface area contributed by atoms with Gasteiger partial charge in [-0.15, -0.1) is 0 Å². The fraction of sp³-hybridized carbons (Fsp3) is 0.0370. The van der Waals surface area contributed by atoms with E-state index >= 15 is 0 Å². The number of anilines is 3. The Morgan fingerprint density at radius 2 is 0.818 bits per heavy atom. The Bertz CT molecular complexity index is 2780. The van der Waals surface area contributed by atoms with Crippen molar-refractivity contribution in [3.63, 3.8) is 0 Å². The van der Waals surface area contributed by atoms with E-state index in [0.29, 0.717) is 0 Å². The van der Waals surface area contributed by atoms with Crippen molar-refractivity contribution in [3.8, 4) is 44.5 Å². The number of fused-ring (bicyclic) bond motifs is 4. The number of rotatable bonds is 7. The SMILES string of the molecule is CC1(c2ccccc2)c2ccccc2-c2c(N(c3ccc(-c4ccc(-c5ccccc5)cc4)cc3)c3ccc(-c4ccc5ccccc5c4)cc3)cccc21. The minimum absolute atomic E-state index is 0.287. The maximum Gasteiger partial charge on any atom is 0.0543 e. The second kappa shape index (κ2) is 13.5. The minimum Gasteiger partial charge on any atom is -0.310 e. The van der Waals surface area contributed by atoms with Gasteiger partial charge in [-0.2, -0.15) is 0 Å². The summed E-state index contributed by atoms with van der Waals surface area (Å²) in [6, 6.07) is 79.7. The van der Waals surface area contributed by atoms with Gasteiger partial charge in [0.1, 0.15) is 0 Å². The summed E-state index contributed by atoms with van der Waals surface area (Å²) in [4.78, 5) is 2.44. The third-order valence-corrected chi connectivity index (χ3v) is 11.6. The molecule has 0 saturated carbocycles. The van der Waals surface area contributed by atoms with Crippen LogP contribution >= 0.6 is 0 Å². The second-order valence-corrected chi connectivity index (χ2v) is 14.7. The molecule has 0 heterocycles. The lowest BCUT2D eigenvalue weighted by Gasteiger charge is -2.30. The number of hydrogen-bond acceptors (Lipinski definition) is 1. The molecule has 0 aliphatic heterocycles. The van der Waals surface area contributed by atoms with Crippen molar-refractivity contribution in [2.45, 2.75) is 12.3 Å². The van der Waals surface area contributed by atoms with Gasteiger partial charge in [-0.05, 0) is 110 Å². The maximum absolute atomic E-state index is 2.44. The molecule has 1 heteroatoms. The summed E-state index contributed by atoms with van der Waals surface area (Å²) < 4.78 is 0. The first-order valence-corrected chi connectivity index (χ1v) is 19.1. The van der Waals surface area contributed by atoms with E-state index in [0.717, 1.165) is 11.4 Å². The smallest absolute Gasteiger partial charge is 0.0543 e. The Kier molecular flexibility index (Phi) is 8.00. The molecule has 1 atom stereocenters. The Labute approximate surface area is 323 Å². The van der Waals surface area contributed by atoms with Gasteiger partial charge in [-0.3, -0.25) is 0 Å². The minimum atomic E-state index is -0.287. The lowest BCUT2D eigenvalue weighted by atomic mass is 9.74. The van der Waals surface area contributed by atoms with Crippen LogP contribution in [0.3, 0.4) is 0 Å². The highest BCUT2D eigenvalue weighted by Gasteiger charge is 2.42.